The summed E-state index contributed by atoms with van der Waals surface area (Å²) in [7, 11) is 1.47. The molecule has 4 atom stereocenters. The molecule has 0 aromatic heterocycles. The van der Waals surface area contributed by atoms with Crippen molar-refractivity contribution in [3.8, 4) is 11.5 Å². The fourth-order valence-electron chi connectivity index (χ4n) is 6.13. The van der Waals surface area contributed by atoms with E-state index in [1.165, 1.54) is 45.6 Å². The molecule has 1 aliphatic heterocycles. The molecule has 3 N–H and O–H groups in total. The van der Waals surface area contributed by atoms with Crippen LogP contribution in [0.4, 0.5) is 0 Å². The minimum absolute atomic E-state index is 0.0474. The molecule has 1 aliphatic carbocycles. The van der Waals surface area contributed by atoms with Crippen LogP contribution in [-0.2, 0) is 9.59 Å². The summed E-state index contributed by atoms with van der Waals surface area (Å²) in [6.07, 6.45) is 11.9. The van der Waals surface area contributed by atoms with Gasteiger partial charge in [0.2, 0.25) is 11.8 Å². The zero-order valence-electron chi connectivity index (χ0n) is 26.5. The first-order valence-corrected chi connectivity index (χ1v) is 16.2. The third-order valence-corrected chi connectivity index (χ3v) is 8.53. The molecule has 0 radical (unpaired) electrons. The largest absolute Gasteiger partial charge is 0.493 e. The second-order valence-electron chi connectivity index (χ2n) is 12.3. The highest BCUT2D eigenvalue weighted by Gasteiger charge is 2.51. The number of benzene rings is 1. The van der Waals surface area contributed by atoms with Crippen molar-refractivity contribution in [3.05, 3.63) is 34.9 Å². The molecule has 1 aromatic carbocycles. The highest BCUT2D eigenvalue weighted by Crippen LogP contribution is 2.51. The molecule has 1 aromatic rings. The van der Waals surface area contributed by atoms with E-state index in [2.05, 4.69) is 26.1 Å². The summed E-state index contributed by atoms with van der Waals surface area (Å²) in [5.41, 5.74) is 1.27. The number of nitrogens with one attached hydrogen (secondary N) is 1. The van der Waals surface area contributed by atoms with E-state index in [4.69, 9.17) is 9.47 Å². The lowest BCUT2D eigenvalue weighted by Gasteiger charge is -2.41. The van der Waals surface area contributed by atoms with Gasteiger partial charge in [-0.2, -0.15) is 0 Å². The summed E-state index contributed by atoms with van der Waals surface area (Å²) in [5.74, 6) is -0.0832. The van der Waals surface area contributed by atoms with E-state index in [1.807, 2.05) is 0 Å². The SMILES string of the molecule is CCCCCCCCCCCC(=O)N(CCC(C)C)[C@@H]1C=C(C(=O)NCCO)[C@@H]2c3cc(C=O)cc(OC)c3O[C@@H]2[C@H]1O. The van der Waals surface area contributed by atoms with E-state index < -0.39 is 30.1 Å². The number of rotatable bonds is 19. The van der Waals surface area contributed by atoms with E-state index in [9.17, 15) is 24.6 Å². The highest BCUT2D eigenvalue weighted by atomic mass is 16.5. The Kier molecular flexibility index (Phi) is 14.0. The quantitative estimate of drug-likeness (QED) is 0.152. The smallest absolute Gasteiger partial charge is 0.247 e. The summed E-state index contributed by atoms with van der Waals surface area (Å²) in [5, 5.41) is 23.8. The molecular weight excluding hydrogens is 548 g/mol. The number of hydrogen-bond donors (Lipinski definition) is 3. The molecule has 0 unspecified atom stereocenters. The number of fused-ring (bicyclic) bond motifs is 3. The molecular formula is C34H52N2O7. The Morgan fingerprint density at radius 3 is 2.37 bits per heavy atom. The fraction of sp³-hybridized carbons (Fsp3) is 0.676. The van der Waals surface area contributed by atoms with Crippen LogP contribution in [-0.4, -0.2) is 78.3 Å². The van der Waals surface area contributed by atoms with Crippen LogP contribution >= 0.6 is 0 Å². The van der Waals surface area contributed by atoms with E-state index in [0.29, 0.717) is 53.4 Å². The van der Waals surface area contributed by atoms with Crippen LogP contribution in [0.2, 0.25) is 0 Å². The molecule has 9 heteroatoms. The number of methoxy groups -OCH3 is 1. The molecule has 0 saturated carbocycles. The monoisotopic (exact) mass is 600 g/mol. The van der Waals surface area contributed by atoms with Gasteiger partial charge in [0, 0.05) is 36.2 Å². The van der Waals surface area contributed by atoms with Gasteiger partial charge in [0.15, 0.2) is 11.5 Å². The Hall–Kier alpha value is -2.91. The van der Waals surface area contributed by atoms with Gasteiger partial charge in [-0.05, 0) is 37.0 Å². The molecule has 3 rings (SSSR count). The standard InChI is InChI=1S/C34H52N2O7/c1-5-6-7-8-9-10-11-12-13-14-29(39)36(17-15-23(2)3)27-21-26(34(41)35-16-18-37)30-25-19-24(22-38)20-28(42-4)32(25)43-33(30)31(27)40/h19-23,27,30-31,33,37,40H,5-18H2,1-4H3,(H,35,41)/t27-,30+,31+,33+/m1/s1. The topological polar surface area (TPSA) is 125 Å². The van der Waals surface area contributed by atoms with Crippen LogP contribution < -0.4 is 14.8 Å². The molecule has 43 heavy (non-hydrogen) atoms. The van der Waals surface area contributed by atoms with Crippen LogP contribution in [0.15, 0.2) is 23.8 Å². The van der Waals surface area contributed by atoms with E-state index >= 15 is 0 Å². The Morgan fingerprint density at radius 2 is 1.77 bits per heavy atom. The maximum atomic E-state index is 13.7. The maximum Gasteiger partial charge on any atom is 0.247 e. The van der Waals surface area contributed by atoms with E-state index in [-0.39, 0.29) is 19.1 Å². The number of ether oxygens (including phenoxy) is 2. The van der Waals surface area contributed by atoms with Crippen molar-refractivity contribution in [1.82, 2.24) is 10.2 Å². The molecule has 240 valence electrons. The van der Waals surface area contributed by atoms with Gasteiger partial charge in [0.25, 0.3) is 0 Å². The average molecular weight is 601 g/mol. The van der Waals surface area contributed by atoms with Gasteiger partial charge in [-0.3, -0.25) is 14.4 Å². The zero-order chi connectivity index (χ0) is 31.4. The van der Waals surface area contributed by atoms with Gasteiger partial charge >= 0.3 is 0 Å². The lowest BCUT2D eigenvalue weighted by atomic mass is 9.77. The Balaban J connectivity index is 1.85. The lowest BCUT2D eigenvalue weighted by Crippen LogP contribution is -2.56. The maximum absolute atomic E-state index is 13.7. The average Bonchev–Trinajstić information content (AvgIpc) is 3.39. The second kappa shape index (κ2) is 17.4. The number of nitrogens with zero attached hydrogens (tertiary/aromatic N) is 1. The van der Waals surface area contributed by atoms with Gasteiger partial charge in [0.05, 0.1) is 25.7 Å². The number of hydrogen-bond acceptors (Lipinski definition) is 7. The predicted molar refractivity (Wildman–Crippen MR) is 167 cm³/mol. The van der Waals surface area contributed by atoms with Crippen LogP contribution in [0, 0.1) is 5.92 Å². The van der Waals surface area contributed by atoms with Crippen molar-refractivity contribution in [1.29, 1.82) is 0 Å². The summed E-state index contributed by atoms with van der Waals surface area (Å²) < 4.78 is 11.8. The predicted octanol–water partition coefficient (Wildman–Crippen LogP) is 4.93. The Morgan fingerprint density at radius 1 is 1.09 bits per heavy atom. The first-order chi connectivity index (χ1) is 20.8. The van der Waals surface area contributed by atoms with Gasteiger partial charge in [-0.1, -0.05) is 72.1 Å². The van der Waals surface area contributed by atoms with Gasteiger partial charge in [-0.25, -0.2) is 0 Å². The normalized spacial score (nSPS) is 20.6. The van der Waals surface area contributed by atoms with Crippen molar-refractivity contribution in [2.45, 2.75) is 116 Å². The van der Waals surface area contributed by atoms with Crippen molar-refractivity contribution in [2.75, 3.05) is 26.8 Å². The molecule has 0 spiro atoms. The molecule has 2 aliphatic rings. The summed E-state index contributed by atoms with van der Waals surface area (Å²) >= 11 is 0. The molecule has 9 nitrogen and oxygen atoms in total. The number of carbonyl (C=O) groups excluding carboxylic acids is 3. The van der Waals surface area contributed by atoms with Crippen molar-refractivity contribution in [3.63, 3.8) is 0 Å². The second-order valence-corrected chi connectivity index (χ2v) is 12.3. The Labute approximate surface area is 257 Å². The summed E-state index contributed by atoms with van der Waals surface area (Å²) in [6, 6.07) is 2.44. The lowest BCUT2D eigenvalue weighted by molar-refractivity contribution is -0.137. The molecule has 0 saturated heterocycles. The fourth-order valence-corrected chi connectivity index (χ4v) is 6.13. The molecule has 1 heterocycles. The zero-order valence-corrected chi connectivity index (χ0v) is 26.5. The minimum Gasteiger partial charge on any atom is -0.493 e. The number of carbonyl (C=O) groups is 3. The van der Waals surface area contributed by atoms with Gasteiger partial charge < -0.3 is 29.9 Å². The first kappa shape index (κ1) is 34.6. The third kappa shape index (κ3) is 9.05. The Bertz CT molecular complexity index is 1100. The summed E-state index contributed by atoms with van der Waals surface area (Å²) in [6.45, 7) is 6.67. The number of aliphatic hydroxyl groups is 2. The third-order valence-electron chi connectivity index (χ3n) is 8.53. The van der Waals surface area contributed by atoms with E-state index in [0.717, 1.165) is 25.7 Å². The number of aldehydes is 1. The number of amides is 2. The number of aliphatic hydroxyl groups excluding tert-OH is 2. The van der Waals surface area contributed by atoms with Gasteiger partial charge in [0.1, 0.15) is 18.5 Å². The molecule has 2 amide bonds. The van der Waals surface area contributed by atoms with Crippen LogP contribution in [0.1, 0.15) is 113 Å². The summed E-state index contributed by atoms with van der Waals surface area (Å²) in [4.78, 5) is 40.6. The van der Waals surface area contributed by atoms with Crippen LogP contribution in [0.3, 0.4) is 0 Å². The van der Waals surface area contributed by atoms with Crippen molar-refractivity contribution < 1.29 is 34.1 Å². The first-order valence-electron chi connectivity index (χ1n) is 16.2. The molecule has 0 bridgehead atoms. The van der Waals surface area contributed by atoms with Crippen molar-refractivity contribution >= 4 is 18.1 Å². The van der Waals surface area contributed by atoms with Crippen LogP contribution in [0.5, 0.6) is 11.5 Å². The van der Waals surface area contributed by atoms with Crippen LogP contribution in [0.25, 0.3) is 0 Å². The van der Waals surface area contributed by atoms with E-state index in [1.54, 1.807) is 23.1 Å². The number of unbranched alkanes of at least 4 members (excludes halogenated alkanes) is 8. The van der Waals surface area contributed by atoms with Crippen molar-refractivity contribution in [2.24, 2.45) is 5.92 Å². The highest BCUT2D eigenvalue weighted by molar-refractivity contribution is 5.96. The molecule has 0 fully saturated rings. The minimum atomic E-state index is -1.12. The van der Waals surface area contributed by atoms with Gasteiger partial charge in [-0.15, -0.1) is 0 Å².